The number of halogens is 1. The van der Waals surface area contributed by atoms with Crippen LogP contribution in [0.5, 0.6) is 0 Å². The molecule has 1 saturated heterocycles. The van der Waals surface area contributed by atoms with E-state index >= 15 is 0 Å². The lowest BCUT2D eigenvalue weighted by Gasteiger charge is -2.29. The number of hydrogen-bond donors (Lipinski definition) is 1. The molecule has 1 amide bonds. The zero-order chi connectivity index (χ0) is 15.1. The molecule has 1 aromatic rings. The SMILES string of the molecule is C[C@@H](C(=O)NCc1ccc(F)cc1)N1CCCCCCC1. The minimum atomic E-state index is -0.251. The van der Waals surface area contributed by atoms with Crippen molar-refractivity contribution in [2.45, 2.75) is 51.6 Å². The van der Waals surface area contributed by atoms with Gasteiger partial charge in [-0.3, -0.25) is 9.69 Å². The van der Waals surface area contributed by atoms with Gasteiger partial charge in [0.05, 0.1) is 6.04 Å². The van der Waals surface area contributed by atoms with Crippen molar-refractivity contribution in [3.8, 4) is 0 Å². The van der Waals surface area contributed by atoms with E-state index in [0.29, 0.717) is 6.54 Å². The van der Waals surface area contributed by atoms with E-state index in [1.165, 1.54) is 44.2 Å². The highest BCUT2D eigenvalue weighted by molar-refractivity contribution is 5.81. The molecule has 4 heteroatoms. The number of benzene rings is 1. The van der Waals surface area contributed by atoms with Gasteiger partial charge in [0.25, 0.3) is 0 Å². The van der Waals surface area contributed by atoms with Crippen LogP contribution in [0.3, 0.4) is 0 Å². The van der Waals surface area contributed by atoms with Crippen LogP contribution in [0, 0.1) is 5.82 Å². The van der Waals surface area contributed by atoms with E-state index in [1.54, 1.807) is 12.1 Å². The van der Waals surface area contributed by atoms with Gasteiger partial charge in [-0.2, -0.15) is 0 Å². The number of carbonyl (C=O) groups excluding carboxylic acids is 1. The van der Waals surface area contributed by atoms with Gasteiger partial charge in [-0.25, -0.2) is 4.39 Å². The maximum absolute atomic E-state index is 12.8. The normalized spacial score (nSPS) is 18.6. The van der Waals surface area contributed by atoms with Crippen LogP contribution in [-0.2, 0) is 11.3 Å². The number of nitrogens with one attached hydrogen (secondary N) is 1. The quantitative estimate of drug-likeness (QED) is 0.925. The first-order valence-corrected chi connectivity index (χ1v) is 7.93. The molecule has 21 heavy (non-hydrogen) atoms. The van der Waals surface area contributed by atoms with Crippen molar-refractivity contribution in [3.63, 3.8) is 0 Å². The van der Waals surface area contributed by atoms with E-state index in [0.717, 1.165) is 18.7 Å². The van der Waals surface area contributed by atoms with E-state index in [1.807, 2.05) is 6.92 Å². The molecule has 1 N–H and O–H groups in total. The van der Waals surface area contributed by atoms with Gasteiger partial charge in [0.2, 0.25) is 5.91 Å². The van der Waals surface area contributed by atoms with Gasteiger partial charge in [0.15, 0.2) is 0 Å². The molecule has 1 aliphatic heterocycles. The number of carbonyl (C=O) groups is 1. The maximum atomic E-state index is 12.8. The van der Waals surface area contributed by atoms with Crippen LogP contribution in [0.25, 0.3) is 0 Å². The summed E-state index contributed by atoms with van der Waals surface area (Å²) in [4.78, 5) is 14.5. The van der Waals surface area contributed by atoms with E-state index in [2.05, 4.69) is 10.2 Å². The van der Waals surface area contributed by atoms with Crippen LogP contribution >= 0.6 is 0 Å². The Kier molecular flexibility index (Phi) is 6.18. The Bertz CT molecular complexity index is 439. The van der Waals surface area contributed by atoms with Gasteiger partial charge in [0.1, 0.15) is 5.82 Å². The summed E-state index contributed by atoms with van der Waals surface area (Å²) in [6, 6.07) is 6.16. The molecule has 1 atom stereocenters. The third-order valence-electron chi connectivity index (χ3n) is 4.20. The predicted octanol–water partition coefficient (Wildman–Crippen LogP) is 3.10. The first kappa shape index (κ1) is 16.0. The Hall–Kier alpha value is -1.42. The molecule has 0 aliphatic carbocycles. The minimum Gasteiger partial charge on any atom is -0.351 e. The predicted molar refractivity (Wildman–Crippen MR) is 82.4 cm³/mol. The fraction of sp³-hybridized carbons (Fsp3) is 0.588. The smallest absolute Gasteiger partial charge is 0.237 e. The molecule has 1 aliphatic rings. The van der Waals surface area contributed by atoms with Gasteiger partial charge < -0.3 is 5.32 Å². The highest BCUT2D eigenvalue weighted by Crippen LogP contribution is 2.13. The summed E-state index contributed by atoms with van der Waals surface area (Å²) in [5.74, 6) is -0.195. The molecule has 0 spiro atoms. The fourth-order valence-electron chi connectivity index (χ4n) is 2.76. The Labute approximate surface area is 126 Å². The van der Waals surface area contributed by atoms with Crippen molar-refractivity contribution in [1.29, 1.82) is 0 Å². The number of rotatable bonds is 4. The van der Waals surface area contributed by atoms with Crippen LogP contribution in [0.4, 0.5) is 4.39 Å². The second-order valence-electron chi connectivity index (χ2n) is 5.82. The fourth-order valence-corrected chi connectivity index (χ4v) is 2.76. The van der Waals surface area contributed by atoms with Gasteiger partial charge in [-0.15, -0.1) is 0 Å². The molecule has 0 saturated carbocycles. The van der Waals surface area contributed by atoms with E-state index < -0.39 is 0 Å². The van der Waals surface area contributed by atoms with E-state index in [4.69, 9.17) is 0 Å². The summed E-state index contributed by atoms with van der Waals surface area (Å²) in [5.41, 5.74) is 0.921. The molecular weight excluding hydrogens is 267 g/mol. The zero-order valence-electron chi connectivity index (χ0n) is 12.8. The summed E-state index contributed by atoms with van der Waals surface area (Å²) in [7, 11) is 0. The van der Waals surface area contributed by atoms with Crippen LogP contribution in [0.1, 0.15) is 44.6 Å². The third kappa shape index (κ3) is 5.12. The van der Waals surface area contributed by atoms with Gasteiger partial charge >= 0.3 is 0 Å². The summed E-state index contributed by atoms with van der Waals surface area (Å²) in [5, 5.41) is 2.95. The van der Waals surface area contributed by atoms with Crippen LogP contribution in [-0.4, -0.2) is 29.9 Å². The monoisotopic (exact) mass is 292 g/mol. The molecule has 1 aromatic carbocycles. The van der Waals surface area contributed by atoms with Crippen molar-refractivity contribution < 1.29 is 9.18 Å². The lowest BCUT2D eigenvalue weighted by atomic mass is 10.1. The first-order valence-electron chi connectivity index (χ1n) is 7.93. The van der Waals surface area contributed by atoms with Crippen molar-refractivity contribution in [2.75, 3.05) is 13.1 Å². The van der Waals surface area contributed by atoms with Crippen molar-refractivity contribution in [1.82, 2.24) is 10.2 Å². The van der Waals surface area contributed by atoms with Crippen molar-refractivity contribution in [2.24, 2.45) is 0 Å². The molecule has 0 aromatic heterocycles. The summed E-state index contributed by atoms with van der Waals surface area (Å²) < 4.78 is 12.8. The molecule has 3 nitrogen and oxygen atoms in total. The Morgan fingerprint density at radius 1 is 1.14 bits per heavy atom. The largest absolute Gasteiger partial charge is 0.351 e. The maximum Gasteiger partial charge on any atom is 0.237 e. The third-order valence-corrected chi connectivity index (χ3v) is 4.20. The molecule has 0 bridgehead atoms. The molecule has 1 heterocycles. The summed E-state index contributed by atoms with van der Waals surface area (Å²) in [6.07, 6.45) is 6.20. The molecule has 2 rings (SSSR count). The number of amides is 1. The standard InChI is InChI=1S/C17H25FN2O/c1-14(20-11-5-3-2-4-6-12-20)17(21)19-13-15-7-9-16(18)10-8-15/h7-10,14H,2-6,11-13H2,1H3,(H,19,21)/t14-/m0/s1. The highest BCUT2D eigenvalue weighted by atomic mass is 19.1. The van der Waals surface area contributed by atoms with Crippen LogP contribution in [0.15, 0.2) is 24.3 Å². The molecule has 1 fully saturated rings. The van der Waals surface area contributed by atoms with Gasteiger partial charge in [-0.05, 0) is 50.6 Å². The lowest BCUT2D eigenvalue weighted by molar-refractivity contribution is -0.126. The van der Waals surface area contributed by atoms with Crippen molar-refractivity contribution in [3.05, 3.63) is 35.6 Å². The lowest BCUT2D eigenvalue weighted by Crippen LogP contribution is -2.46. The van der Waals surface area contributed by atoms with E-state index in [9.17, 15) is 9.18 Å². The Balaban J connectivity index is 1.82. The van der Waals surface area contributed by atoms with Gasteiger partial charge in [0, 0.05) is 6.54 Å². The highest BCUT2D eigenvalue weighted by Gasteiger charge is 2.21. The molecule has 0 radical (unpaired) electrons. The molecule has 0 unspecified atom stereocenters. The topological polar surface area (TPSA) is 32.3 Å². The minimum absolute atomic E-state index is 0.0555. The molecule has 116 valence electrons. The van der Waals surface area contributed by atoms with Crippen LogP contribution in [0.2, 0.25) is 0 Å². The summed E-state index contributed by atoms with van der Waals surface area (Å²) >= 11 is 0. The van der Waals surface area contributed by atoms with Crippen molar-refractivity contribution >= 4 is 5.91 Å². The zero-order valence-corrected chi connectivity index (χ0v) is 12.8. The average molecular weight is 292 g/mol. The average Bonchev–Trinajstić information content (AvgIpc) is 2.45. The number of likely N-dealkylation sites (tertiary alicyclic amines) is 1. The van der Waals surface area contributed by atoms with Crippen LogP contribution < -0.4 is 5.32 Å². The number of nitrogens with zero attached hydrogens (tertiary/aromatic N) is 1. The van der Waals surface area contributed by atoms with Gasteiger partial charge in [-0.1, -0.05) is 31.4 Å². The Morgan fingerprint density at radius 2 is 1.71 bits per heavy atom. The molecular formula is C17H25FN2O. The number of hydrogen-bond acceptors (Lipinski definition) is 2. The summed E-state index contributed by atoms with van der Waals surface area (Å²) in [6.45, 7) is 4.44. The second kappa shape index (κ2) is 8.13. The first-order chi connectivity index (χ1) is 10.2. The van der Waals surface area contributed by atoms with E-state index in [-0.39, 0.29) is 17.8 Å². The Morgan fingerprint density at radius 3 is 2.33 bits per heavy atom. The second-order valence-corrected chi connectivity index (χ2v) is 5.82.